The number of nitrogens with one attached hydrogen (secondary N) is 2. The molecule has 2 aliphatic heterocycles. The molecule has 0 bridgehead atoms. The Balaban J connectivity index is 1.06. The highest BCUT2D eigenvalue weighted by molar-refractivity contribution is 6.04. The highest BCUT2D eigenvalue weighted by atomic mass is 16.2. The lowest BCUT2D eigenvalue weighted by Crippen LogP contribution is -2.34. The van der Waals surface area contributed by atoms with Gasteiger partial charge in [-0.1, -0.05) is 42.5 Å². The average Bonchev–Trinajstić information content (AvgIpc) is 3.40. The lowest BCUT2D eigenvalue weighted by atomic mass is 9.99. The number of hydrogen-bond donors (Lipinski definition) is 2. The van der Waals surface area contributed by atoms with Crippen LogP contribution in [0.3, 0.4) is 0 Å². The van der Waals surface area contributed by atoms with Crippen LogP contribution in [0.5, 0.6) is 0 Å². The molecule has 2 atom stereocenters. The zero-order valence-corrected chi connectivity index (χ0v) is 21.9. The van der Waals surface area contributed by atoms with E-state index in [1.165, 1.54) is 11.1 Å². The first-order valence-electron chi connectivity index (χ1n) is 13.3. The molecule has 7 heteroatoms. The van der Waals surface area contributed by atoms with Gasteiger partial charge in [-0.2, -0.15) is 0 Å². The van der Waals surface area contributed by atoms with Crippen LogP contribution in [0.25, 0.3) is 0 Å². The molecular formula is C32H31N5O2. The van der Waals surface area contributed by atoms with Gasteiger partial charge in [0, 0.05) is 42.1 Å². The number of carbonyl (C=O) groups is 2. The maximum atomic E-state index is 13.0. The lowest BCUT2D eigenvalue weighted by Gasteiger charge is -2.25. The molecule has 0 saturated carbocycles. The van der Waals surface area contributed by atoms with Gasteiger partial charge in [0.2, 0.25) is 0 Å². The minimum atomic E-state index is -0.168. The van der Waals surface area contributed by atoms with Crippen LogP contribution in [0.15, 0.2) is 96.0 Å². The van der Waals surface area contributed by atoms with E-state index in [1.807, 2.05) is 67.0 Å². The van der Waals surface area contributed by atoms with Crippen LogP contribution in [0.2, 0.25) is 0 Å². The van der Waals surface area contributed by atoms with Crippen LogP contribution in [0, 0.1) is 0 Å². The average molecular weight is 518 g/mol. The summed E-state index contributed by atoms with van der Waals surface area (Å²) in [5.74, 6) is -0.331. The van der Waals surface area contributed by atoms with E-state index in [0.717, 1.165) is 36.4 Å². The molecule has 3 aromatic carbocycles. The summed E-state index contributed by atoms with van der Waals surface area (Å²) in [4.78, 5) is 34.7. The van der Waals surface area contributed by atoms with Crippen LogP contribution in [0.4, 0.5) is 11.4 Å². The Kier molecular flexibility index (Phi) is 6.82. The molecular weight excluding hydrogens is 486 g/mol. The fraction of sp³-hybridized carbons (Fsp3) is 0.219. The molecule has 39 heavy (non-hydrogen) atoms. The van der Waals surface area contributed by atoms with E-state index in [-0.39, 0.29) is 23.9 Å². The number of carbonyl (C=O) groups excluding carboxylic acids is 2. The molecule has 0 spiro atoms. The summed E-state index contributed by atoms with van der Waals surface area (Å²) in [7, 11) is 2.11. The summed E-state index contributed by atoms with van der Waals surface area (Å²) >= 11 is 0. The number of amides is 2. The van der Waals surface area contributed by atoms with Crippen molar-refractivity contribution in [3.63, 3.8) is 0 Å². The molecule has 0 aromatic heterocycles. The van der Waals surface area contributed by atoms with Crippen molar-refractivity contribution in [2.24, 2.45) is 4.99 Å². The van der Waals surface area contributed by atoms with E-state index in [4.69, 9.17) is 0 Å². The second-order valence-electron chi connectivity index (χ2n) is 10.3. The molecule has 2 amide bonds. The van der Waals surface area contributed by atoms with Crippen molar-refractivity contribution in [3.05, 3.63) is 119 Å². The van der Waals surface area contributed by atoms with Crippen LogP contribution >= 0.6 is 0 Å². The van der Waals surface area contributed by atoms with Crippen LogP contribution in [0.1, 0.15) is 37.4 Å². The quantitative estimate of drug-likeness (QED) is 0.502. The maximum absolute atomic E-state index is 13.0. The summed E-state index contributed by atoms with van der Waals surface area (Å²) < 4.78 is 0. The molecule has 0 saturated heterocycles. The molecule has 2 N–H and O–H groups in total. The second kappa shape index (κ2) is 10.7. The number of rotatable bonds is 6. The van der Waals surface area contributed by atoms with Crippen molar-refractivity contribution >= 4 is 29.5 Å². The summed E-state index contributed by atoms with van der Waals surface area (Å²) in [5, 5.41) is 5.99. The number of anilines is 2. The largest absolute Gasteiger partial charge is 0.348 e. The number of allylic oxidation sites excluding steroid dienone is 2. The van der Waals surface area contributed by atoms with E-state index >= 15 is 0 Å². The molecule has 3 aliphatic rings. The van der Waals surface area contributed by atoms with Gasteiger partial charge in [0.1, 0.15) is 0 Å². The van der Waals surface area contributed by atoms with Crippen molar-refractivity contribution < 1.29 is 9.59 Å². The number of nitrogens with zero attached hydrogens (tertiary/aromatic N) is 3. The van der Waals surface area contributed by atoms with Gasteiger partial charge in [0.25, 0.3) is 11.8 Å². The van der Waals surface area contributed by atoms with Crippen LogP contribution < -0.4 is 15.5 Å². The SMILES string of the molecule is CN1CCc2ccc(NC(=O)c3cccc(CNC(=O)c4ccc(N5C=NC6C=CC=CC65)cc4)c3)cc2C1. The smallest absolute Gasteiger partial charge is 0.255 e. The zero-order chi connectivity index (χ0) is 26.8. The van der Waals surface area contributed by atoms with E-state index in [0.29, 0.717) is 17.7 Å². The van der Waals surface area contributed by atoms with E-state index in [2.05, 4.69) is 56.8 Å². The first-order valence-corrected chi connectivity index (χ1v) is 13.3. The first kappa shape index (κ1) is 24.8. The third-order valence-corrected chi connectivity index (χ3v) is 7.50. The number of aliphatic imine (C=N–C) groups is 1. The normalized spacial score (nSPS) is 19.5. The van der Waals surface area contributed by atoms with Gasteiger partial charge in [-0.25, -0.2) is 0 Å². The molecule has 3 aromatic rings. The summed E-state index contributed by atoms with van der Waals surface area (Å²) in [5.41, 5.74) is 6.38. The Morgan fingerprint density at radius 2 is 1.77 bits per heavy atom. The van der Waals surface area contributed by atoms with Gasteiger partial charge in [0.15, 0.2) is 0 Å². The first-order chi connectivity index (χ1) is 19.0. The molecule has 2 heterocycles. The van der Waals surface area contributed by atoms with Crippen LogP contribution in [-0.2, 0) is 19.5 Å². The van der Waals surface area contributed by atoms with Gasteiger partial charge in [-0.05, 0) is 78.7 Å². The molecule has 1 aliphatic carbocycles. The predicted molar refractivity (Wildman–Crippen MR) is 155 cm³/mol. The number of benzene rings is 3. The van der Waals surface area contributed by atoms with Crippen molar-refractivity contribution in [2.45, 2.75) is 31.6 Å². The van der Waals surface area contributed by atoms with E-state index in [9.17, 15) is 9.59 Å². The fourth-order valence-electron chi connectivity index (χ4n) is 5.31. The van der Waals surface area contributed by atoms with Gasteiger partial charge < -0.3 is 20.4 Å². The molecule has 0 radical (unpaired) electrons. The highest BCUT2D eigenvalue weighted by Gasteiger charge is 2.28. The number of hydrogen-bond acceptors (Lipinski definition) is 5. The fourth-order valence-corrected chi connectivity index (χ4v) is 5.31. The Morgan fingerprint density at radius 1 is 0.923 bits per heavy atom. The Morgan fingerprint density at radius 3 is 2.64 bits per heavy atom. The van der Waals surface area contributed by atoms with Gasteiger partial charge in [0.05, 0.1) is 18.4 Å². The number of likely N-dealkylation sites (N-methyl/N-ethyl adjacent to an activating group) is 1. The van der Waals surface area contributed by atoms with E-state index in [1.54, 1.807) is 6.07 Å². The van der Waals surface area contributed by atoms with Gasteiger partial charge >= 0.3 is 0 Å². The topological polar surface area (TPSA) is 77.0 Å². The monoisotopic (exact) mass is 517 g/mol. The van der Waals surface area contributed by atoms with E-state index < -0.39 is 0 Å². The number of fused-ring (bicyclic) bond motifs is 2. The second-order valence-corrected chi connectivity index (χ2v) is 10.3. The molecule has 0 fully saturated rings. The standard InChI is InChI=1S/C32H31N5O2/c1-36-16-15-23-9-12-27(18-26(23)20-36)35-32(39)25-6-4-5-22(17-25)19-33-31(38)24-10-13-28(14-11-24)37-21-34-29-7-2-3-8-30(29)37/h2-14,17-18,21,29-30H,15-16,19-20H2,1H3,(H,33,38)(H,35,39). The predicted octanol–water partition coefficient (Wildman–Crippen LogP) is 4.57. The van der Waals surface area contributed by atoms with Crippen molar-refractivity contribution in [3.8, 4) is 0 Å². The Labute approximate surface area is 228 Å². The summed E-state index contributed by atoms with van der Waals surface area (Å²) in [6.07, 6.45) is 11.2. The summed E-state index contributed by atoms with van der Waals surface area (Å²) in [6.45, 7) is 2.27. The lowest BCUT2D eigenvalue weighted by molar-refractivity contribution is 0.0950. The third-order valence-electron chi connectivity index (χ3n) is 7.50. The van der Waals surface area contributed by atoms with Crippen LogP contribution in [-0.4, -0.2) is 48.7 Å². The minimum Gasteiger partial charge on any atom is -0.348 e. The Hall–Kier alpha value is -4.49. The van der Waals surface area contributed by atoms with Crippen molar-refractivity contribution in [2.75, 3.05) is 23.8 Å². The van der Waals surface area contributed by atoms with Crippen molar-refractivity contribution in [1.82, 2.24) is 10.2 Å². The van der Waals surface area contributed by atoms with Gasteiger partial charge in [-0.15, -0.1) is 0 Å². The molecule has 6 rings (SSSR count). The minimum absolute atomic E-state index is 0.135. The molecule has 196 valence electrons. The molecule has 7 nitrogen and oxygen atoms in total. The zero-order valence-electron chi connectivity index (χ0n) is 21.9. The summed E-state index contributed by atoms with van der Waals surface area (Å²) in [6, 6.07) is 21.3. The third kappa shape index (κ3) is 5.40. The molecule has 2 unspecified atom stereocenters. The van der Waals surface area contributed by atoms with Crippen molar-refractivity contribution in [1.29, 1.82) is 0 Å². The maximum Gasteiger partial charge on any atom is 0.255 e. The Bertz CT molecular complexity index is 1490. The highest BCUT2D eigenvalue weighted by Crippen LogP contribution is 2.26. The van der Waals surface area contributed by atoms with Gasteiger partial charge in [-0.3, -0.25) is 14.6 Å².